The number of aromatic nitrogens is 1. The lowest BCUT2D eigenvalue weighted by Gasteiger charge is -2.10. The van der Waals surface area contributed by atoms with Crippen molar-refractivity contribution in [2.75, 3.05) is 5.73 Å². The maximum atomic E-state index is 5.77. The van der Waals surface area contributed by atoms with Crippen molar-refractivity contribution >= 4 is 21.6 Å². The minimum Gasteiger partial charge on any atom is -0.456 e. The minimum atomic E-state index is 0.657. The van der Waals surface area contributed by atoms with Crippen LogP contribution >= 0.6 is 15.9 Å². The lowest BCUT2D eigenvalue weighted by atomic mass is 10.3. The summed E-state index contributed by atoms with van der Waals surface area (Å²) in [5, 5.41) is 0. The van der Waals surface area contributed by atoms with Crippen molar-refractivity contribution in [3.8, 4) is 11.5 Å². The Balaban J connectivity index is 2.35. The van der Waals surface area contributed by atoms with Crippen LogP contribution < -0.4 is 10.5 Å². The third-order valence-corrected chi connectivity index (χ3v) is 3.03. The van der Waals surface area contributed by atoms with Gasteiger partial charge in [-0.05, 0) is 41.1 Å². The number of aryl methyl sites for hydroxylation is 1. The molecular formula is C12H11BrN2O. The summed E-state index contributed by atoms with van der Waals surface area (Å²) in [6, 6.07) is 7.35. The third kappa shape index (κ3) is 2.17. The van der Waals surface area contributed by atoms with E-state index >= 15 is 0 Å². The summed E-state index contributed by atoms with van der Waals surface area (Å²) >= 11 is 3.40. The van der Waals surface area contributed by atoms with Crippen LogP contribution in [0.25, 0.3) is 0 Å². The molecule has 1 heterocycles. The zero-order valence-electron chi connectivity index (χ0n) is 8.77. The Morgan fingerprint density at radius 1 is 1.25 bits per heavy atom. The summed E-state index contributed by atoms with van der Waals surface area (Å²) in [6.07, 6.45) is 3.46. The summed E-state index contributed by atoms with van der Waals surface area (Å²) in [5.41, 5.74) is 7.41. The van der Waals surface area contributed by atoms with E-state index in [1.807, 2.05) is 31.2 Å². The fraction of sp³-hybridized carbons (Fsp3) is 0.0833. The normalized spacial score (nSPS) is 10.1. The molecule has 2 N–H and O–H groups in total. The number of hydrogen-bond acceptors (Lipinski definition) is 3. The molecule has 2 aromatic rings. The molecule has 16 heavy (non-hydrogen) atoms. The van der Waals surface area contributed by atoms with Crippen molar-refractivity contribution in [2.24, 2.45) is 0 Å². The Bertz CT molecular complexity index is 514. The fourth-order valence-electron chi connectivity index (χ4n) is 1.30. The molecule has 2 rings (SSSR count). The predicted molar refractivity (Wildman–Crippen MR) is 67.6 cm³/mol. The Hall–Kier alpha value is -1.55. The predicted octanol–water partition coefficient (Wildman–Crippen LogP) is 3.53. The van der Waals surface area contributed by atoms with Crippen molar-refractivity contribution in [1.82, 2.24) is 4.98 Å². The summed E-state index contributed by atoms with van der Waals surface area (Å²) in [7, 11) is 0. The largest absolute Gasteiger partial charge is 0.456 e. The topological polar surface area (TPSA) is 48.1 Å². The molecule has 0 unspecified atom stereocenters. The second kappa shape index (κ2) is 4.53. The van der Waals surface area contributed by atoms with Gasteiger partial charge in [-0.2, -0.15) is 0 Å². The molecule has 3 nitrogen and oxygen atoms in total. The number of benzene rings is 1. The number of pyridine rings is 1. The molecule has 0 saturated heterocycles. The van der Waals surface area contributed by atoms with Crippen LogP contribution in [0, 0.1) is 6.92 Å². The highest BCUT2D eigenvalue weighted by molar-refractivity contribution is 9.10. The Morgan fingerprint density at radius 2 is 2.06 bits per heavy atom. The van der Waals surface area contributed by atoms with Gasteiger partial charge in [0.1, 0.15) is 11.5 Å². The molecule has 0 radical (unpaired) electrons. The number of ether oxygens (including phenoxy) is 1. The lowest BCUT2D eigenvalue weighted by molar-refractivity contribution is 0.475. The highest BCUT2D eigenvalue weighted by atomic mass is 79.9. The van der Waals surface area contributed by atoms with Crippen LogP contribution in [-0.2, 0) is 0 Å². The molecule has 0 aliphatic carbocycles. The molecule has 0 amide bonds. The molecule has 0 saturated carbocycles. The number of halogens is 1. The van der Waals surface area contributed by atoms with Gasteiger partial charge in [-0.25, -0.2) is 0 Å². The maximum absolute atomic E-state index is 5.77. The molecule has 1 aromatic carbocycles. The summed E-state index contributed by atoms with van der Waals surface area (Å²) in [4.78, 5) is 4.01. The first-order valence-corrected chi connectivity index (χ1v) is 5.60. The number of nitrogens with two attached hydrogens (primary N) is 1. The van der Waals surface area contributed by atoms with Crippen molar-refractivity contribution in [3.05, 3.63) is 46.7 Å². The summed E-state index contributed by atoms with van der Waals surface area (Å²) < 4.78 is 6.52. The van der Waals surface area contributed by atoms with Crippen LogP contribution in [0.5, 0.6) is 11.5 Å². The number of nitrogen functional groups attached to an aromatic ring is 1. The van der Waals surface area contributed by atoms with Gasteiger partial charge in [0.25, 0.3) is 0 Å². The third-order valence-electron chi connectivity index (χ3n) is 2.18. The lowest BCUT2D eigenvalue weighted by Crippen LogP contribution is -1.92. The Morgan fingerprint density at radius 3 is 2.81 bits per heavy atom. The van der Waals surface area contributed by atoms with E-state index in [2.05, 4.69) is 20.9 Å². The number of anilines is 1. The molecule has 0 spiro atoms. The molecule has 0 bridgehead atoms. The van der Waals surface area contributed by atoms with E-state index in [0.29, 0.717) is 11.4 Å². The first-order valence-electron chi connectivity index (χ1n) is 4.81. The molecule has 0 fully saturated rings. The molecule has 0 aliphatic rings. The van der Waals surface area contributed by atoms with Crippen molar-refractivity contribution in [2.45, 2.75) is 6.92 Å². The monoisotopic (exact) mass is 278 g/mol. The van der Waals surface area contributed by atoms with E-state index in [0.717, 1.165) is 15.8 Å². The molecular weight excluding hydrogens is 268 g/mol. The molecule has 1 aromatic heterocycles. The Labute approximate surface area is 102 Å². The van der Waals surface area contributed by atoms with Crippen molar-refractivity contribution < 1.29 is 4.74 Å². The highest BCUT2D eigenvalue weighted by Gasteiger charge is 2.06. The number of nitrogens with zero attached hydrogens (tertiary/aromatic N) is 1. The van der Waals surface area contributed by atoms with Gasteiger partial charge in [0, 0.05) is 23.6 Å². The van der Waals surface area contributed by atoms with E-state index in [4.69, 9.17) is 10.5 Å². The van der Waals surface area contributed by atoms with Crippen LogP contribution in [0.4, 0.5) is 5.69 Å². The van der Waals surface area contributed by atoms with Gasteiger partial charge in [0.2, 0.25) is 0 Å². The van der Waals surface area contributed by atoms with Crippen LogP contribution in [0.3, 0.4) is 0 Å². The molecule has 0 aliphatic heterocycles. The first-order chi connectivity index (χ1) is 7.68. The van der Waals surface area contributed by atoms with E-state index in [-0.39, 0.29) is 0 Å². The van der Waals surface area contributed by atoms with E-state index < -0.39 is 0 Å². The standard InChI is InChI=1S/C12H11BrN2O/c1-8-7-15-6-5-10(8)16-11-4-2-3-9(14)12(11)13/h2-7H,14H2,1H3. The van der Waals surface area contributed by atoms with Gasteiger partial charge in [0.15, 0.2) is 0 Å². The average Bonchev–Trinajstić information content (AvgIpc) is 2.28. The van der Waals surface area contributed by atoms with Gasteiger partial charge in [-0.3, -0.25) is 4.98 Å². The number of hydrogen-bond donors (Lipinski definition) is 1. The SMILES string of the molecule is Cc1cnccc1Oc1cccc(N)c1Br. The van der Waals surface area contributed by atoms with Gasteiger partial charge in [-0.15, -0.1) is 0 Å². The van der Waals surface area contributed by atoms with Gasteiger partial charge in [-0.1, -0.05) is 6.07 Å². The second-order valence-electron chi connectivity index (χ2n) is 3.40. The zero-order chi connectivity index (χ0) is 11.5. The molecule has 82 valence electrons. The fourth-order valence-corrected chi connectivity index (χ4v) is 1.65. The molecule has 4 heteroatoms. The molecule has 0 atom stereocenters. The van der Waals surface area contributed by atoms with Crippen LogP contribution in [0.15, 0.2) is 41.1 Å². The minimum absolute atomic E-state index is 0.657. The number of rotatable bonds is 2. The van der Waals surface area contributed by atoms with Gasteiger partial charge < -0.3 is 10.5 Å². The highest BCUT2D eigenvalue weighted by Crippen LogP contribution is 2.34. The van der Waals surface area contributed by atoms with E-state index in [9.17, 15) is 0 Å². The summed E-state index contributed by atoms with van der Waals surface area (Å²) in [5.74, 6) is 1.48. The first kappa shape index (κ1) is 11.0. The van der Waals surface area contributed by atoms with Gasteiger partial charge in [0.05, 0.1) is 4.47 Å². The van der Waals surface area contributed by atoms with Crippen molar-refractivity contribution in [1.29, 1.82) is 0 Å². The van der Waals surface area contributed by atoms with Crippen LogP contribution in [0.1, 0.15) is 5.56 Å². The maximum Gasteiger partial charge on any atom is 0.143 e. The van der Waals surface area contributed by atoms with E-state index in [1.165, 1.54) is 0 Å². The quantitative estimate of drug-likeness (QED) is 0.855. The Kier molecular flexibility index (Phi) is 3.10. The average molecular weight is 279 g/mol. The van der Waals surface area contributed by atoms with Crippen LogP contribution in [-0.4, -0.2) is 4.98 Å². The van der Waals surface area contributed by atoms with E-state index in [1.54, 1.807) is 12.4 Å². The van der Waals surface area contributed by atoms with Gasteiger partial charge >= 0.3 is 0 Å². The van der Waals surface area contributed by atoms with Crippen LogP contribution in [0.2, 0.25) is 0 Å². The van der Waals surface area contributed by atoms with Crippen molar-refractivity contribution in [3.63, 3.8) is 0 Å². The summed E-state index contributed by atoms with van der Waals surface area (Å²) in [6.45, 7) is 1.95. The zero-order valence-corrected chi connectivity index (χ0v) is 10.4. The smallest absolute Gasteiger partial charge is 0.143 e. The second-order valence-corrected chi connectivity index (χ2v) is 4.20.